The smallest absolute Gasteiger partial charge is 0.257 e. The molecule has 2 aromatic carbocycles. The molecular formula is C15H12ClN3O. The van der Waals surface area contributed by atoms with E-state index in [1.54, 1.807) is 30.3 Å². The minimum atomic E-state index is -0.336. The number of carbonyl (C=O) groups is 1. The minimum Gasteiger partial charge on any atom is -0.398 e. The number of carbonyl (C=O) groups excluding carboxylic acids is 1. The number of nitrogens with one attached hydrogen (secondary N) is 1. The molecule has 0 aromatic heterocycles. The first kappa shape index (κ1) is 13.9. The van der Waals surface area contributed by atoms with Crippen LogP contribution in [0.1, 0.15) is 21.5 Å². The highest BCUT2D eigenvalue weighted by molar-refractivity contribution is 6.31. The van der Waals surface area contributed by atoms with Gasteiger partial charge in [-0.1, -0.05) is 17.7 Å². The zero-order chi connectivity index (χ0) is 14.7. The number of nitrogens with two attached hydrogens (primary N) is 1. The van der Waals surface area contributed by atoms with Crippen LogP contribution >= 0.6 is 11.6 Å². The van der Waals surface area contributed by atoms with Gasteiger partial charge >= 0.3 is 0 Å². The van der Waals surface area contributed by atoms with Crippen molar-refractivity contribution in [3.8, 4) is 6.07 Å². The Morgan fingerprint density at radius 3 is 2.70 bits per heavy atom. The summed E-state index contributed by atoms with van der Waals surface area (Å²) in [5, 5.41) is 12.1. The second kappa shape index (κ2) is 5.64. The van der Waals surface area contributed by atoms with Gasteiger partial charge in [0.25, 0.3) is 5.91 Å². The molecule has 0 aliphatic carbocycles. The average molecular weight is 286 g/mol. The second-order valence-electron chi connectivity index (χ2n) is 4.33. The Labute approximate surface area is 121 Å². The van der Waals surface area contributed by atoms with Crippen LogP contribution in [0.25, 0.3) is 0 Å². The number of nitriles is 1. The molecule has 0 bridgehead atoms. The number of rotatable bonds is 2. The van der Waals surface area contributed by atoms with E-state index in [0.717, 1.165) is 5.56 Å². The van der Waals surface area contributed by atoms with Crippen LogP contribution in [0.15, 0.2) is 36.4 Å². The van der Waals surface area contributed by atoms with Gasteiger partial charge in [0.05, 0.1) is 17.2 Å². The van der Waals surface area contributed by atoms with Gasteiger partial charge in [-0.15, -0.1) is 0 Å². The maximum Gasteiger partial charge on any atom is 0.257 e. The SMILES string of the molecule is Cc1ccc(C#N)cc1NC(=O)c1ccc(Cl)cc1N. The first-order valence-electron chi connectivity index (χ1n) is 5.88. The molecular weight excluding hydrogens is 274 g/mol. The number of nitrogens with zero attached hydrogens (tertiary/aromatic N) is 1. The van der Waals surface area contributed by atoms with E-state index >= 15 is 0 Å². The number of hydrogen-bond donors (Lipinski definition) is 2. The summed E-state index contributed by atoms with van der Waals surface area (Å²) >= 11 is 5.80. The van der Waals surface area contributed by atoms with Crippen LogP contribution < -0.4 is 11.1 Å². The number of hydrogen-bond acceptors (Lipinski definition) is 3. The lowest BCUT2D eigenvalue weighted by Crippen LogP contribution is -2.14. The summed E-state index contributed by atoms with van der Waals surface area (Å²) < 4.78 is 0. The molecule has 2 rings (SSSR count). The Bertz CT molecular complexity index is 720. The Balaban J connectivity index is 2.30. The average Bonchev–Trinajstić information content (AvgIpc) is 2.41. The number of benzene rings is 2. The van der Waals surface area contributed by atoms with Gasteiger partial charge in [0.2, 0.25) is 0 Å². The molecule has 0 heterocycles. The van der Waals surface area contributed by atoms with Gasteiger partial charge in [-0.2, -0.15) is 5.26 Å². The summed E-state index contributed by atoms with van der Waals surface area (Å²) in [4.78, 5) is 12.2. The summed E-state index contributed by atoms with van der Waals surface area (Å²) in [6.07, 6.45) is 0. The van der Waals surface area contributed by atoms with Crippen molar-refractivity contribution in [3.05, 3.63) is 58.1 Å². The summed E-state index contributed by atoms with van der Waals surface area (Å²) in [5.41, 5.74) is 8.36. The molecule has 5 heteroatoms. The van der Waals surface area contributed by atoms with E-state index < -0.39 is 0 Å². The Hall–Kier alpha value is -2.51. The third-order valence-electron chi connectivity index (χ3n) is 2.87. The summed E-state index contributed by atoms with van der Waals surface area (Å²) in [5.74, 6) is -0.336. The highest BCUT2D eigenvalue weighted by Gasteiger charge is 2.11. The lowest BCUT2D eigenvalue weighted by molar-refractivity contribution is 0.102. The van der Waals surface area contributed by atoms with Gasteiger partial charge in [0.1, 0.15) is 0 Å². The zero-order valence-electron chi connectivity index (χ0n) is 10.8. The Morgan fingerprint density at radius 2 is 2.05 bits per heavy atom. The van der Waals surface area contributed by atoms with E-state index in [1.165, 1.54) is 6.07 Å². The molecule has 4 nitrogen and oxygen atoms in total. The molecule has 3 N–H and O–H groups in total. The van der Waals surface area contributed by atoms with Gasteiger partial charge < -0.3 is 11.1 Å². The maximum atomic E-state index is 12.2. The first-order chi connectivity index (χ1) is 9.51. The van der Waals surface area contributed by atoms with Crippen LogP contribution in [0.5, 0.6) is 0 Å². The van der Waals surface area contributed by atoms with Crippen LogP contribution in [0, 0.1) is 18.3 Å². The predicted molar refractivity (Wildman–Crippen MR) is 79.7 cm³/mol. The Kier molecular flexibility index (Phi) is 3.92. The number of aryl methyl sites for hydroxylation is 1. The van der Waals surface area contributed by atoms with E-state index in [4.69, 9.17) is 22.6 Å². The van der Waals surface area contributed by atoms with Crippen molar-refractivity contribution < 1.29 is 4.79 Å². The number of anilines is 2. The van der Waals surface area contributed by atoms with E-state index in [1.807, 2.05) is 13.0 Å². The molecule has 100 valence electrons. The van der Waals surface area contributed by atoms with Crippen LogP contribution in [0.3, 0.4) is 0 Å². The molecule has 0 radical (unpaired) electrons. The molecule has 20 heavy (non-hydrogen) atoms. The molecule has 0 aliphatic rings. The van der Waals surface area contributed by atoms with E-state index in [0.29, 0.717) is 27.5 Å². The maximum absolute atomic E-state index is 12.2. The first-order valence-corrected chi connectivity index (χ1v) is 6.26. The molecule has 0 spiro atoms. The van der Waals surface area contributed by atoms with E-state index in [9.17, 15) is 4.79 Å². The van der Waals surface area contributed by atoms with Crippen molar-refractivity contribution >= 4 is 28.9 Å². The van der Waals surface area contributed by atoms with Crippen LogP contribution in [0.4, 0.5) is 11.4 Å². The Morgan fingerprint density at radius 1 is 1.30 bits per heavy atom. The fourth-order valence-corrected chi connectivity index (χ4v) is 1.94. The molecule has 0 fully saturated rings. The fourth-order valence-electron chi connectivity index (χ4n) is 1.76. The van der Waals surface area contributed by atoms with Crippen molar-refractivity contribution in [1.82, 2.24) is 0 Å². The number of nitrogen functional groups attached to an aromatic ring is 1. The molecule has 0 saturated carbocycles. The summed E-state index contributed by atoms with van der Waals surface area (Å²) in [6.45, 7) is 1.85. The van der Waals surface area contributed by atoms with E-state index in [2.05, 4.69) is 5.32 Å². The topological polar surface area (TPSA) is 78.9 Å². The third-order valence-corrected chi connectivity index (χ3v) is 3.11. The highest BCUT2D eigenvalue weighted by atomic mass is 35.5. The van der Waals surface area contributed by atoms with Crippen molar-refractivity contribution in [3.63, 3.8) is 0 Å². The highest BCUT2D eigenvalue weighted by Crippen LogP contribution is 2.21. The van der Waals surface area contributed by atoms with Gasteiger partial charge in [0, 0.05) is 16.4 Å². The van der Waals surface area contributed by atoms with Crippen LogP contribution in [0.2, 0.25) is 5.02 Å². The second-order valence-corrected chi connectivity index (χ2v) is 4.76. The van der Waals surface area contributed by atoms with Crippen LogP contribution in [-0.2, 0) is 0 Å². The van der Waals surface area contributed by atoms with Crippen molar-refractivity contribution in [2.45, 2.75) is 6.92 Å². The normalized spacial score (nSPS) is 9.85. The van der Waals surface area contributed by atoms with Gasteiger partial charge in [0.15, 0.2) is 0 Å². The number of halogens is 1. The molecule has 0 aliphatic heterocycles. The largest absolute Gasteiger partial charge is 0.398 e. The lowest BCUT2D eigenvalue weighted by atomic mass is 10.1. The van der Waals surface area contributed by atoms with Crippen LogP contribution in [-0.4, -0.2) is 5.91 Å². The monoisotopic (exact) mass is 285 g/mol. The van der Waals surface area contributed by atoms with Gasteiger partial charge in [-0.25, -0.2) is 0 Å². The van der Waals surface area contributed by atoms with Crippen molar-refractivity contribution in [2.24, 2.45) is 0 Å². The standard InChI is InChI=1S/C15H12ClN3O/c1-9-2-3-10(8-17)6-14(9)19-15(20)12-5-4-11(16)7-13(12)18/h2-7H,18H2,1H3,(H,19,20). The molecule has 0 unspecified atom stereocenters. The molecule has 1 amide bonds. The lowest BCUT2D eigenvalue weighted by Gasteiger charge is -2.10. The molecule has 0 atom stereocenters. The minimum absolute atomic E-state index is 0.309. The zero-order valence-corrected chi connectivity index (χ0v) is 11.5. The summed E-state index contributed by atoms with van der Waals surface area (Å²) in [6, 6.07) is 11.8. The predicted octanol–water partition coefficient (Wildman–Crippen LogP) is 3.35. The van der Waals surface area contributed by atoms with Gasteiger partial charge in [-0.05, 0) is 42.8 Å². The number of amides is 1. The quantitative estimate of drug-likeness (QED) is 0.831. The summed E-state index contributed by atoms with van der Waals surface area (Å²) in [7, 11) is 0. The van der Waals surface area contributed by atoms with Crippen molar-refractivity contribution in [1.29, 1.82) is 5.26 Å². The van der Waals surface area contributed by atoms with Gasteiger partial charge in [-0.3, -0.25) is 4.79 Å². The third kappa shape index (κ3) is 2.90. The fraction of sp³-hybridized carbons (Fsp3) is 0.0667. The molecule has 0 saturated heterocycles. The molecule has 2 aromatic rings. The van der Waals surface area contributed by atoms with Crippen molar-refractivity contribution in [2.75, 3.05) is 11.1 Å². The van der Waals surface area contributed by atoms with E-state index in [-0.39, 0.29) is 5.91 Å².